The molecule has 1 amide bonds. The third-order valence-corrected chi connectivity index (χ3v) is 6.23. The summed E-state index contributed by atoms with van der Waals surface area (Å²) < 4.78 is 44.0. The molecule has 9 heteroatoms. The first kappa shape index (κ1) is 22.3. The number of methoxy groups -OCH3 is 1. The van der Waals surface area contributed by atoms with Gasteiger partial charge in [0.2, 0.25) is 0 Å². The first-order valence-corrected chi connectivity index (χ1v) is 11.0. The molecule has 0 saturated carbocycles. The summed E-state index contributed by atoms with van der Waals surface area (Å²) in [5.41, 5.74) is 1.19. The van der Waals surface area contributed by atoms with Gasteiger partial charge in [-0.25, -0.2) is 4.98 Å². The molecule has 32 heavy (non-hydrogen) atoms. The second kappa shape index (κ2) is 9.30. The van der Waals surface area contributed by atoms with Crippen LogP contribution in [0.5, 0.6) is 5.75 Å². The monoisotopic (exact) mass is 461 g/mol. The molecule has 5 nitrogen and oxygen atoms in total. The van der Waals surface area contributed by atoms with Gasteiger partial charge in [-0.05, 0) is 42.5 Å². The van der Waals surface area contributed by atoms with E-state index in [-0.39, 0.29) is 11.5 Å². The number of nitrogens with zero attached hydrogens (tertiary/aromatic N) is 3. The molecule has 0 aliphatic carbocycles. The molecular formula is C23H22F3N3O2S. The maximum absolute atomic E-state index is 12.9. The molecule has 4 rings (SSSR count). The zero-order valence-electron chi connectivity index (χ0n) is 17.4. The molecule has 0 spiro atoms. The molecule has 0 radical (unpaired) electrons. The highest BCUT2D eigenvalue weighted by Crippen LogP contribution is 2.30. The lowest BCUT2D eigenvalue weighted by atomic mass is 10.1. The fourth-order valence-corrected chi connectivity index (χ4v) is 4.43. The standard InChI is InChI=1S/C23H22F3N3O2S/c1-31-19-7-5-16(6-8-19)20-15-32-21(27-20)14-28-9-11-29(12-10-28)22(30)17-3-2-4-18(13-17)23(24,25)26/h2-8,13,15H,9-12,14H2,1H3. The van der Waals surface area contributed by atoms with E-state index in [1.54, 1.807) is 23.3 Å². The largest absolute Gasteiger partial charge is 0.497 e. The minimum Gasteiger partial charge on any atom is -0.497 e. The second-order valence-electron chi connectivity index (χ2n) is 7.50. The number of ether oxygens (including phenoxy) is 1. The van der Waals surface area contributed by atoms with Gasteiger partial charge in [0.15, 0.2) is 0 Å². The molecule has 1 saturated heterocycles. The Morgan fingerprint density at radius 1 is 1.09 bits per heavy atom. The molecule has 1 aromatic heterocycles. The Bertz CT molecular complexity index is 1070. The highest BCUT2D eigenvalue weighted by molar-refractivity contribution is 7.09. The molecule has 0 unspecified atom stereocenters. The Hall–Kier alpha value is -2.91. The van der Waals surface area contributed by atoms with E-state index >= 15 is 0 Å². The van der Waals surface area contributed by atoms with Crippen LogP contribution >= 0.6 is 11.3 Å². The summed E-state index contributed by atoms with van der Waals surface area (Å²) in [6.45, 7) is 2.88. The molecular weight excluding hydrogens is 439 g/mol. The highest BCUT2D eigenvalue weighted by Gasteiger charge is 2.31. The van der Waals surface area contributed by atoms with E-state index in [4.69, 9.17) is 9.72 Å². The van der Waals surface area contributed by atoms with Crippen LogP contribution in [-0.2, 0) is 12.7 Å². The van der Waals surface area contributed by atoms with Crippen LogP contribution in [0, 0.1) is 0 Å². The number of thiazole rings is 1. The predicted octanol–water partition coefficient (Wildman–Crippen LogP) is 4.80. The van der Waals surface area contributed by atoms with Crippen molar-refractivity contribution >= 4 is 17.2 Å². The average Bonchev–Trinajstić information content (AvgIpc) is 3.27. The van der Waals surface area contributed by atoms with Crippen LogP contribution in [0.4, 0.5) is 13.2 Å². The minimum absolute atomic E-state index is 0.0670. The zero-order valence-corrected chi connectivity index (χ0v) is 18.2. The Kier molecular flexibility index (Phi) is 6.48. The summed E-state index contributed by atoms with van der Waals surface area (Å²) in [4.78, 5) is 21.2. The molecule has 1 aliphatic heterocycles. The molecule has 3 aromatic rings. The number of amides is 1. The van der Waals surface area contributed by atoms with Crippen molar-refractivity contribution in [3.63, 3.8) is 0 Å². The lowest BCUT2D eigenvalue weighted by Crippen LogP contribution is -2.48. The van der Waals surface area contributed by atoms with Gasteiger partial charge in [0.25, 0.3) is 5.91 Å². The van der Waals surface area contributed by atoms with Gasteiger partial charge in [0.05, 0.1) is 24.9 Å². The number of carbonyl (C=O) groups is 1. The smallest absolute Gasteiger partial charge is 0.416 e. The first-order chi connectivity index (χ1) is 15.3. The van der Waals surface area contributed by atoms with Gasteiger partial charge >= 0.3 is 6.18 Å². The van der Waals surface area contributed by atoms with E-state index in [9.17, 15) is 18.0 Å². The SMILES string of the molecule is COc1ccc(-c2csc(CN3CCN(C(=O)c4cccc(C(F)(F)F)c4)CC3)n2)cc1. The van der Waals surface area contributed by atoms with E-state index in [2.05, 4.69) is 4.90 Å². The topological polar surface area (TPSA) is 45.7 Å². The van der Waals surface area contributed by atoms with Crippen molar-refractivity contribution in [1.29, 1.82) is 0 Å². The number of benzene rings is 2. The Morgan fingerprint density at radius 3 is 2.47 bits per heavy atom. The normalized spacial score (nSPS) is 15.1. The van der Waals surface area contributed by atoms with Crippen LogP contribution in [0.2, 0.25) is 0 Å². The lowest BCUT2D eigenvalue weighted by molar-refractivity contribution is -0.137. The van der Waals surface area contributed by atoms with E-state index in [0.29, 0.717) is 32.7 Å². The summed E-state index contributed by atoms with van der Waals surface area (Å²) in [5.74, 6) is 0.425. The molecule has 2 aromatic carbocycles. The quantitative estimate of drug-likeness (QED) is 0.548. The van der Waals surface area contributed by atoms with Gasteiger partial charge in [0.1, 0.15) is 10.8 Å². The Balaban J connectivity index is 1.33. The molecule has 2 heterocycles. The van der Waals surface area contributed by atoms with Crippen LogP contribution in [0.25, 0.3) is 11.3 Å². The minimum atomic E-state index is -4.46. The summed E-state index contributed by atoms with van der Waals surface area (Å²) in [6, 6.07) is 12.3. The van der Waals surface area contributed by atoms with Crippen LogP contribution in [-0.4, -0.2) is 54.0 Å². The highest BCUT2D eigenvalue weighted by atomic mass is 32.1. The number of hydrogen-bond acceptors (Lipinski definition) is 5. The van der Waals surface area contributed by atoms with Gasteiger partial charge in [-0.15, -0.1) is 11.3 Å². The van der Waals surface area contributed by atoms with E-state index < -0.39 is 11.7 Å². The van der Waals surface area contributed by atoms with Crippen molar-refractivity contribution in [2.45, 2.75) is 12.7 Å². The number of rotatable bonds is 5. The average molecular weight is 462 g/mol. The van der Waals surface area contributed by atoms with Crippen molar-refractivity contribution in [3.8, 4) is 17.0 Å². The number of carbonyl (C=O) groups excluding carboxylic acids is 1. The summed E-state index contributed by atoms with van der Waals surface area (Å²) in [6.07, 6.45) is -4.46. The van der Waals surface area contributed by atoms with E-state index in [0.717, 1.165) is 34.1 Å². The fraction of sp³-hybridized carbons (Fsp3) is 0.304. The van der Waals surface area contributed by atoms with Gasteiger partial charge in [-0.2, -0.15) is 13.2 Å². The number of halogens is 3. The van der Waals surface area contributed by atoms with Crippen molar-refractivity contribution < 1.29 is 22.7 Å². The molecule has 0 atom stereocenters. The molecule has 0 bridgehead atoms. The maximum Gasteiger partial charge on any atom is 0.416 e. The number of piperazine rings is 1. The lowest BCUT2D eigenvalue weighted by Gasteiger charge is -2.34. The van der Waals surface area contributed by atoms with Crippen LogP contribution in [0.1, 0.15) is 20.9 Å². The number of alkyl halides is 3. The van der Waals surface area contributed by atoms with E-state index in [1.807, 2.05) is 29.6 Å². The first-order valence-electron chi connectivity index (χ1n) is 10.1. The van der Waals surface area contributed by atoms with Crippen LogP contribution < -0.4 is 4.74 Å². The van der Waals surface area contributed by atoms with Crippen molar-refractivity contribution in [2.24, 2.45) is 0 Å². The number of aromatic nitrogens is 1. The summed E-state index contributed by atoms with van der Waals surface area (Å²) in [7, 11) is 1.63. The molecule has 1 aliphatic rings. The van der Waals surface area contributed by atoms with Crippen molar-refractivity contribution in [3.05, 3.63) is 70.0 Å². The van der Waals surface area contributed by atoms with Gasteiger partial charge in [-0.3, -0.25) is 9.69 Å². The molecule has 0 N–H and O–H groups in total. The van der Waals surface area contributed by atoms with Gasteiger partial charge in [0, 0.05) is 42.7 Å². The summed E-state index contributed by atoms with van der Waals surface area (Å²) >= 11 is 1.58. The Morgan fingerprint density at radius 2 is 1.81 bits per heavy atom. The summed E-state index contributed by atoms with van der Waals surface area (Å²) in [5, 5.41) is 3.00. The predicted molar refractivity (Wildman–Crippen MR) is 117 cm³/mol. The second-order valence-corrected chi connectivity index (χ2v) is 8.44. The van der Waals surface area contributed by atoms with Crippen molar-refractivity contribution in [1.82, 2.24) is 14.8 Å². The molecule has 168 valence electrons. The third kappa shape index (κ3) is 5.11. The van der Waals surface area contributed by atoms with E-state index in [1.165, 1.54) is 12.1 Å². The van der Waals surface area contributed by atoms with Crippen molar-refractivity contribution in [2.75, 3.05) is 33.3 Å². The number of hydrogen-bond donors (Lipinski definition) is 0. The fourth-order valence-electron chi connectivity index (χ4n) is 3.59. The zero-order chi connectivity index (χ0) is 22.7. The van der Waals surface area contributed by atoms with Crippen LogP contribution in [0.15, 0.2) is 53.9 Å². The molecule has 1 fully saturated rings. The Labute approximate surface area is 188 Å². The maximum atomic E-state index is 12.9. The van der Waals surface area contributed by atoms with Gasteiger partial charge < -0.3 is 9.64 Å². The van der Waals surface area contributed by atoms with Crippen LogP contribution in [0.3, 0.4) is 0 Å². The van der Waals surface area contributed by atoms with Gasteiger partial charge in [-0.1, -0.05) is 6.07 Å². The third-order valence-electron chi connectivity index (χ3n) is 5.39.